The first-order valence-electron chi connectivity index (χ1n) is 5.44. The molecule has 0 fully saturated rings. The molecule has 0 spiro atoms. The van der Waals surface area contributed by atoms with E-state index in [2.05, 4.69) is 8.37 Å². The van der Waals surface area contributed by atoms with Crippen LogP contribution < -0.4 is 4.18 Å². The second kappa shape index (κ2) is 5.63. The average molecular weight is 312 g/mol. The Balaban J connectivity index is 2.19. The van der Waals surface area contributed by atoms with Crippen LogP contribution in [-0.2, 0) is 14.6 Å². The molecule has 0 radical (unpaired) electrons. The number of nitro benzene ring substituents is 1. The molecule has 110 valence electrons. The number of nitrogens with zero attached hydrogens (tertiary/aromatic N) is 2. The molecule has 9 nitrogen and oxygen atoms in total. The van der Waals surface area contributed by atoms with Gasteiger partial charge in [0.2, 0.25) is 5.75 Å². The smallest absolute Gasteiger partial charge is 0.345 e. The van der Waals surface area contributed by atoms with Crippen molar-refractivity contribution in [2.45, 2.75) is 0 Å². The van der Waals surface area contributed by atoms with Gasteiger partial charge in [-0.1, -0.05) is 12.1 Å². The molecular weight excluding hydrogens is 304 g/mol. The minimum Gasteiger partial charge on any atom is -0.345 e. The van der Waals surface area contributed by atoms with Crippen LogP contribution in [0.15, 0.2) is 48.8 Å². The van der Waals surface area contributed by atoms with Gasteiger partial charge in [-0.25, -0.2) is 4.79 Å². The summed E-state index contributed by atoms with van der Waals surface area (Å²) in [6, 6.07) is 7.76. The van der Waals surface area contributed by atoms with Gasteiger partial charge < -0.3 is 4.18 Å². The molecule has 2 aromatic rings. The first kappa shape index (κ1) is 14.5. The molecule has 0 aliphatic heterocycles. The highest BCUT2D eigenvalue weighted by Gasteiger charge is 2.25. The first-order chi connectivity index (χ1) is 9.89. The third-order valence-corrected chi connectivity index (χ3v) is 2.97. The van der Waals surface area contributed by atoms with E-state index in [-0.39, 0.29) is 0 Å². The van der Waals surface area contributed by atoms with E-state index in [4.69, 9.17) is 0 Å². The molecule has 0 saturated heterocycles. The lowest BCUT2D eigenvalue weighted by Crippen LogP contribution is -2.21. The molecule has 10 heteroatoms. The van der Waals surface area contributed by atoms with Crippen LogP contribution in [-0.4, -0.2) is 24.0 Å². The van der Waals surface area contributed by atoms with Crippen LogP contribution in [0.5, 0.6) is 5.75 Å². The molecule has 1 heterocycles. The van der Waals surface area contributed by atoms with Crippen molar-refractivity contribution < 1.29 is 26.5 Å². The molecule has 0 unspecified atom stereocenters. The summed E-state index contributed by atoms with van der Waals surface area (Å²) in [5.74, 6) is -0.553. The van der Waals surface area contributed by atoms with Crippen molar-refractivity contribution in [1.29, 1.82) is 0 Å². The van der Waals surface area contributed by atoms with E-state index in [1.165, 1.54) is 36.7 Å². The number of aromatic nitrogens is 1. The maximum absolute atomic E-state index is 11.6. The van der Waals surface area contributed by atoms with Crippen LogP contribution in [0.2, 0.25) is 0 Å². The Morgan fingerprint density at radius 3 is 2.38 bits per heavy atom. The Morgan fingerprint density at radius 2 is 1.76 bits per heavy atom. The van der Waals surface area contributed by atoms with E-state index < -0.39 is 32.9 Å². The molecule has 1 aromatic carbocycles. The Morgan fingerprint density at radius 1 is 1.14 bits per heavy atom. The monoisotopic (exact) mass is 312 g/mol. The maximum atomic E-state index is 11.6. The van der Waals surface area contributed by atoms with E-state index in [0.29, 0.717) is 0 Å². The van der Waals surface area contributed by atoms with Crippen molar-refractivity contribution in [2.75, 3.05) is 0 Å². The summed E-state index contributed by atoms with van der Waals surface area (Å²) in [5.41, 5.74) is -0.571. The van der Waals surface area contributed by atoms with Gasteiger partial charge in [-0.2, -0.15) is 0 Å². The molecule has 0 aliphatic rings. The SMILES string of the molecule is O=C(OS(=O)(=O)Oc1ccccc1[N+](=O)[O-])n1cccc1. The van der Waals surface area contributed by atoms with Gasteiger partial charge >= 0.3 is 22.2 Å². The second-order valence-corrected chi connectivity index (χ2v) is 4.81. The van der Waals surface area contributed by atoms with Crippen LogP contribution in [0.25, 0.3) is 0 Å². The van der Waals surface area contributed by atoms with Crippen LogP contribution in [0.1, 0.15) is 0 Å². The minimum atomic E-state index is -4.79. The zero-order valence-electron chi connectivity index (χ0n) is 10.3. The molecule has 0 saturated carbocycles. The summed E-state index contributed by atoms with van der Waals surface area (Å²) in [6.07, 6.45) is 1.31. The van der Waals surface area contributed by atoms with Crippen LogP contribution in [0, 0.1) is 10.1 Å². The predicted octanol–water partition coefficient (Wildman–Crippen LogP) is 1.70. The molecule has 0 atom stereocenters. The number of carbonyl (C=O) groups is 1. The van der Waals surface area contributed by atoms with E-state index in [1.807, 2.05) is 0 Å². The fourth-order valence-corrected chi connectivity index (χ4v) is 2.05. The Kier molecular flexibility index (Phi) is 3.89. The fourth-order valence-electron chi connectivity index (χ4n) is 1.39. The number of rotatable bonds is 4. The van der Waals surface area contributed by atoms with Crippen LogP contribution in [0.3, 0.4) is 0 Å². The maximum Gasteiger partial charge on any atom is 0.505 e. The average Bonchev–Trinajstić information content (AvgIpc) is 2.91. The van der Waals surface area contributed by atoms with Crippen LogP contribution >= 0.6 is 0 Å². The first-order valence-corrected chi connectivity index (χ1v) is 6.77. The second-order valence-electron chi connectivity index (χ2n) is 3.66. The number of benzene rings is 1. The number of hydrogen-bond donors (Lipinski definition) is 0. The summed E-state index contributed by atoms with van der Waals surface area (Å²) >= 11 is 0. The van der Waals surface area contributed by atoms with E-state index in [1.54, 1.807) is 0 Å². The zero-order valence-corrected chi connectivity index (χ0v) is 11.1. The van der Waals surface area contributed by atoms with Crippen LogP contribution in [0.4, 0.5) is 10.5 Å². The molecule has 0 bridgehead atoms. The largest absolute Gasteiger partial charge is 0.505 e. The van der Waals surface area contributed by atoms with E-state index >= 15 is 0 Å². The molecule has 2 rings (SSSR count). The predicted molar refractivity (Wildman–Crippen MR) is 69.0 cm³/mol. The Hall–Kier alpha value is -2.88. The standard InChI is InChI=1S/C11H8N2O7S/c14-11(12-7-3-4-8-12)20-21(17,18)19-10-6-2-1-5-9(10)13(15)16/h1-8H. The number of carbonyl (C=O) groups excluding carboxylic acids is 1. The molecule has 0 aliphatic carbocycles. The van der Waals surface area contributed by atoms with Gasteiger partial charge in [0.05, 0.1) is 4.92 Å². The highest BCUT2D eigenvalue weighted by atomic mass is 32.3. The van der Waals surface area contributed by atoms with Gasteiger partial charge in [-0.05, 0) is 18.2 Å². The van der Waals surface area contributed by atoms with Gasteiger partial charge in [-0.15, -0.1) is 8.42 Å². The van der Waals surface area contributed by atoms with Gasteiger partial charge in [0.1, 0.15) is 0 Å². The zero-order chi connectivity index (χ0) is 15.5. The van der Waals surface area contributed by atoms with Crippen molar-refractivity contribution in [3.05, 3.63) is 58.9 Å². The number of para-hydroxylation sites is 2. The summed E-state index contributed by atoms with van der Waals surface area (Å²) < 4.78 is 32.6. The lowest BCUT2D eigenvalue weighted by atomic mass is 10.3. The summed E-state index contributed by atoms with van der Waals surface area (Å²) in [4.78, 5) is 21.4. The fraction of sp³-hybridized carbons (Fsp3) is 0. The summed E-state index contributed by atoms with van der Waals surface area (Å²) in [7, 11) is -4.79. The Bertz CT molecular complexity index is 768. The van der Waals surface area contributed by atoms with Crippen molar-refractivity contribution in [1.82, 2.24) is 4.57 Å². The number of nitro groups is 1. The lowest BCUT2D eigenvalue weighted by Gasteiger charge is -2.07. The minimum absolute atomic E-state index is 0.553. The normalized spacial score (nSPS) is 10.9. The highest BCUT2D eigenvalue weighted by Crippen LogP contribution is 2.27. The highest BCUT2D eigenvalue weighted by molar-refractivity contribution is 7.82. The summed E-state index contributed by atoms with van der Waals surface area (Å²) in [6.45, 7) is 0. The third kappa shape index (κ3) is 3.57. The molecule has 0 N–H and O–H groups in total. The van der Waals surface area contributed by atoms with E-state index in [0.717, 1.165) is 16.7 Å². The lowest BCUT2D eigenvalue weighted by molar-refractivity contribution is -0.385. The molecule has 21 heavy (non-hydrogen) atoms. The molecule has 0 amide bonds. The van der Waals surface area contributed by atoms with Gasteiger partial charge in [-0.3, -0.25) is 18.9 Å². The van der Waals surface area contributed by atoms with Gasteiger partial charge in [0.15, 0.2) is 0 Å². The molecule has 1 aromatic heterocycles. The van der Waals surface area contributed by atoms with Gasteiger partial charge in [0.25, 0.3) is 0 Å². The third-order valence-electron chi connectivity index (χ3n) is 2.24. The topological polar surface area (TPSA) is 118 Å². The number of hydrogen-bond acceptors (Lipinski definition) is 7. The summed E-state index contributed by atoms with van der Waals surface area (Å²) in [5, 5.41) is 10.7. The van der Waals surface area contributed by atoms with Crippen molar-refractivity contribution in [3.63, 3.8) is 0 Å². The van der Waals surface area contributed by atoms with E-state index in [9.17, 15) is 23.3 Å². The molecular formula is C11H8N2O7S. The van der Waals surface area contributed by atoms with Crippen molar-refractivity contribution in [3.8, 4) is 5.75 Å². The quantitative estimate of drug-likeness (QED) is 0.622. The van der Waals surface area contributed by atoms with Crippen molar-refractivity contribution >= 4 is 22.2 Å². The van der Waals surface area contributed by atoms with Crippen molar-refractivity contribution in [2.24, 2.45) is 0 Å². The Labute approximate surface area is 118 Å². The van der Waals surface area contributed by atoms with Gasteiger partial charge in [0, 0.05) is 18.5 Å².